The predicted octanol–water partition coefficient (Wildman–Crippen LogP) is 0.617. The third-order valence-electron chi connectivity index (χ3n) is 0.461. The molecule has 0 fully saturated rings. The van der Waals surface area contributed by atoms with Crippen molar-refractivity contribution >= 4 is 5.97 Å². The third-order valence-corrected chi connectivity index (χ3v) is 0.461. The van der Waals surface area contributed by atoms with Crippen LogP contribution in [-0.2, 0) is 9.68 Å². The maximum atomic E-state index is 9.88. The minimum atomic E-state index is -0.692. The van der Waals surface area contributed by atoms with Gasteiger partial charge in [0.15, 0.2) is 0 Å². The van der Waals surface area contributed by atoms with E-state index < -0.39 is 5.97 Å². The van der Waals surface area contributed by atoms with Crippen LogP contribution in [0.1, 0.15) is 13.3 Å². The molecule has 0 bridgehead atoms. The summed E-state index contributed by atoms with van der Waals surface area (Å²) in [6.07, 6.45) is 1.82. The van der Waals surface area contributed by atoms with E-state index in [0.717, 1.165) is 0 Å². The highest BCUT2D eigenvalue weighted by atomic mass is 17.1. The molecule has 0 aromatic rings. The zero-order valence-electron chi connectivity index (χ0n) is 4.05. The van der Waals surface area contributed by atoms with E-state index in [0.29, 0.717) is 6.42 Å². The summed E-state index contributed by atoms with van der Waals surface area (Å²) >= 11 is 0. The van der Waals surface area contributed by atoms with Gasteiger partial charge >= 0.3 is 5.97 Å². The van der Waals surface area contributed by atoms with E-state index in [4.69, 9.17) is 5.26 Å². The van der Waals surface area contributed by atoms with Crippen molar-refractivity contribution in [1.29, 1.82) is 0 Å². The van der Waals surface area contributed by atoms with Crippen molar-refractivity contribution in [3.63, 3.8) is 0 Å². The first-order valence-corrected chi connectivity index (χ1v) is 1.99. The summed E-state index contributed by atoms with van der Waals surface area (Å²) in [6.45, 7) is 1.77. The Morgan fingerprint density at radius 2 is 2.57 bits per heavy atom. The Bertz CT molecular complexity index is 60.0. The normalized spacial score (nSPS) is 8.29. The SMILES string of the molecule is CC[CH]C(=O)OO. The fraction of sp³-hybridized carbons (Fsp3) is 0.500. The molecule has 0 unspecified atom stereocenters. The minimum absolute atomic E-state index is 0.583. The van der Waals surface area contributed by atoms with Crippen molar-refractivity contribution in [3.05, 3.63) is 6.42 Å². The molecule has 0 rings (SSSR count). The molecule has 0 aliphatic heterocycles. The van der Waals surface area contributed by atoms with Gasteiger partial charge in [0.05, 0.1) is 6.42 Å². The Morgan fingerprint density at radius 3 is 2.71 bits per heavy atom. The van der Waals surface area contributed by atoms with Crippen molar-refractivity contribution in [2.75, 3.05) is 0 Å². The molecule has 1 radical (unpaired) electrons. The van der Waals surface area contributed by atoms with E-state index in [2.05, 4.69) is 4.89 Å². The second kappa shape index (κ2) is 3.61. The van der Waals surface area contributed by atoms with E-state index in [9.17, 15) is 4.79 Å². The van der Waals surface area contributed by atoms with Crippen molar-refractivity contribution in [2.45, 2.75) is 13.3 Å². The quantitative estimate of drug-likeness (QED) is 0.411. The van der Waals surface area contributed by atoms with Crippen molar-refractivity contribution < 1.29 is 14.9 Å². The molecule has 3 nitrogen and oxygen atoms in total. The second-order valence-corrected chi connectivity index (χ2v) is 1.02. The maximum absolute atomic E-state index is 9.88. The van der Waals surface area contributed by atoms with Gasteiger partial charge in [0.1, 0.15) is 0 Å². The molecule has 0 aromatic carbocycles. The summed E-state index contributed by atoms with van der Waals surface area (Å²) in [5, 5.41) is 7.59. The van der Waals surface area contributed by atoms with E-state index >= 15 is 0 Å². The van der Waals surface area contributed by atoms with Crippen LogP contribution >= 0.6 is 0 Å². The molecular formula is C4H7O3. The van der Waals surface area contributed by atoms with Crippen LogP contribution in [0.5, 0.6) is 0 Å². The van der Waals surface area contributed by atoms with Gasteiger partial charge in [-0.3, -0.25) is 0 Å². The topological polar surface area (TPSA) is 46.5 Å². The second-order valence-electron chi connectivity index (χ2n) is 1.02. The highest BCUT2D eigenvalue weighted by Gasteiger charge is 1.96. The van der Waals surface area contributed by atoms with Crippen molar-refractivity contribution in [3.8, 4) is 0 Å². The molecule has 0 aliphatic rings. The molecule has 41 valence electrons. The molecule has 0 spiro atoms. The highest BCUT2D eigenvalue weighted by Crippen LogP contribution is 1.84. The Balaban J connectivity index is 3.00. The first kappa shape index (κ1) is 6.43. The zero-order chi connectivity index (χ0) is 5.70. The summed E-state index contributed by atoms with van der Waals surface area (Å²) in [6, 6.07) is 0. The number of carbonyl (C=O) groups is 1. The standard InChI is InChI=1S/C4H7O3/c1-2-3-4(5)7-6/h3,6H,2H2,1H3. The van der Waals surface area contributed by atoms with Crippen LogP contribution in [0.4, 0.5) is 0 Å². The van der Waals surface area contributed by atoms with Gasteiger partial charge in [-0.05, 0) is 6.42 Å². The van der Waals surface area contributed by atoms with Gasteiger partial charge in [-0.1, -0.05) is 6.92 Å². The van der Waals surface area contributed by atoms with Crippen molar-refractivity contribution in [1.82, 2.24) is 0 Å². The molecule has 1 N–H and O–H groups in total. The van der Waals surface area contributed by atoms with Gasteiger partial charge in [0.2, 0.25) is 0 Å². The first-order valence-electron chi connectivity index (χ1n) is 1.99. The van der Waals surface area contributed by atoms with Crippen LogP contribution in [0.15, 0.2) is 0 Å². The highest BCUT2D eigenvalue weighted by molar-refractivity contribution is 5.77. The molecular weight excluding hydrogens is 96.0 g/mol. The summed E-state index contributed by atoms with van der Waals surface area (Å²) in [7, 11) is 0. The lowest BCUT2D eigenvalue weighted by Gasteiger charge is -1.87. The number of carbonyl (C=O) groups excluding carboxylic acids is 1. The zero-order valence-corrected chi connectivity index (χ0v) is 4.05. The number of hydrogen-bond acceptors (Lipinski definition) is 3. The van der Waals surface area contributed by atoms with Crippen LogP contribution in [0.3, 0.4) is 0 Å². The third kappa shape index (κ3) is 3.26. The van der Waals surface area contributed by atoms with Crippen molar-refractivity contribution in [2.24, 2.45) is 0 Å². The fourth-order valence-corrected chi connectivity index (χ4v) is 0.204. The van der Waals surface area contributed by atoms with Crippen LogP contribution in [0.25, 0.3) is 0 Å². The molecule has 7 heavy (non-hydrogen) atoms. The van der Waals surface area contributed by atoms with Gasteiger partial charge < -0.3 is 4.89 Å². The number of hydrogen-bond donors (Lipinski definition) is 1. The van der Waals surface area contributed by atoms with Crippen LogP contribution in [0, 0.1) is 6.42 Å². The largest absolute Gasteiger partial charge is 0.345 e. The lowest BCUT2D eigenvalue weighted by molar-refractivity contribution is -0.230. The summed E-state index contributed by atoms with van der Waals surface area (Å²) in [5.74, 6) is -0.692. The van der Waals surface area contributed by atoms with E-state index in [1.54, 1.807) is 6.92 Å². The average molecular weight is 103 g/mol. The Kier molecular flexibility index (Phi) is 3.32. The molecule has 0 saturated heterocycles. The first-order chi connectivity index (χ1) is 3.31. The summed E-state index contributed by atoms with van der Waals surface area (Å²) in [4.78, 5) is 13.2. The van der Waals surface area contributed by atoms with E-state index in [1.165, 1.54) is 6.42 Å². The monoisotopic (exact) mass is 103 g/mol. The Labute approximate surface area is 41.8 Å². The maximum Gasteiger partial charge on any atom is 0.345 e. The van der Waals surface area contributed by atoms with Gasteiger partial charge in [-0.25, -0.2) is 4.79 Å². The van der Waals surface area contributed by atoms with Crippen LogP contribution in [-0.4, -0.2) is 11.2 Å². The van der Waals surface area contributed by atoms with E-state index in [1.807, 2.05) is 0 Å². The Morgan fingerprint density at radius 1 is 2.00 bits per heavy atom. The summed E-state index contributed by atoms with van der Waals surface area (Å²) < 4.78 is 0. The number of rotatable bonds is 2. The van der Waals surface area contributed by atoms with Gasteiger partial charge in [0.25, 0.3) is 0 Å². The molecule has 3 heteroatoms. The molecule has 0 aliphatic carbocycles. The van der Waals surface area contributed by atoms with Crippen LogP contribution in [0.2, 0.25) is 0 Å². The summed E-state index contributed by atoms with van der Waals surface area (Å²) in [5.41, 5.74) is 0. The lowest BCUT2D eigenvalue weighted by atomic mass is 10.3. The lowest BCUT2D eigenvalue weighted by Crippen LogP contribution is -1.99. The molecule has 0 saturated carbocycles. The molecule has 0 heterocycles. The predicted molar refractivity (Wildman–Crippen MR) is 23.3 cm³/mol. The van der Waals surface area contributed by atoms with Gasteiger partial charge in [-0.2, -0.15) is 5.26 Å². The Hall–Kier alpha value is -0.570. The van der Waals surface area contributed by atoms with Gasteiger partial charge in [-0.15, -0.1) is 0 Å². The molecule has 0 aromatic heterocycles. The smallest absolute Gasteiger partial charge is 0.301 e. The minimum Gasteiger partial charge on any atom is -0.301 e. The average Bonchev–Trinajstić information content (AvgIpc) is 1.68. The van der Waals surface area contributed by atoms with Crippen LogP contribution < -0.4 is 0 Å². The van der Waals surface area contributed by atoms with E-state index in [-0.39, 0.29) is 0 Å². The molecule has 0 atom stereocenters. The fourth-order valence-electron chi connectivity index (χ4n) is 0.204. The van der Waals surface area contributed by atoms with Gasteiger partial charge in [0, 0.05) is 0 Å². The molecule has 0 amide bonds.